The summed E-state index contributed by atoms with van der Waals surface area (Å²) in [7, 11) is 0. The molecule has 0 spiro atoms. The van der Waals surface area contributed by atoms with Gasteiger partial charge in [-0.15, -0.1) is 0 Å². The van der Waals surface area contributed by atoms with Crippen LogP contribution in [-0.2, 0) is 6.61 Å². The van der Waals surface area contributed by atoms with Gasteiger partial charge in [0, 0.05) is 11.3 Å². The van der Waals surface area contributed by atoms with Crippen molar-refractivity contribution < 1.29 is 9.53 Å². The highest BCUT2D eigenvalue weighted by molar-refractivity contribution is 9.10. The summed E-state index contributed by atoms with van der Waals surface area (Å²) in [6, 6.07) is 17.0. The molecule has 1 aromatic heterocycles. The molecule has 0 radical (unpaired) electrons. The molecule has 24 heavy (non-hydrogen) atoms. The lowest BCUT2D eigenvalue weighted by molar-refractivity contribution is 0.0942. The van der Waals surface area contributed by atoms with Crippen molar-refractivity contribution in [3.63, 3.8) is 0 Å². The lowest BCUT2D eigenvalue weighted by Crippen LogP contribution is -2.15. The molecule has 3 aromatic rings. The van der Waals surface area contributed by atoms with Crippen LogP contribution in [0.15, 0.2) is 59.1 Å². The summed E-state index contributed by atoms with van der Waals surface area (Å²) in [5, 5.41) is 4.23. The first-order valence-corrected chi connectivity index (χ1v) is 8.38. The molecule has 0 aliphatic heterocycles. The quantitative estimate of drug-likeness (QED) is 0.663. The van der Waals surface area contributed by atoms with E-state index in [-0.39, 0.29) is 5.91 Å². The second-order valence-corrected chi connectivity index (χ2v) is 6.41. The van der Waals surface area contributed by atoms with Gasteiger partial charge in [0.25, 0.3) is 5.91 Å². The molecular weight excluding hydrogens is 368 g/mol. The van der Waals surface area contributed by atoms with Gasteiger partial charge in [-0.1, -0.05) is 24.3 Å². The maximum absolute atomic E-state index is 12.5. The highest BCUT2D eigenvalue weighted by atomic mass is 79.9. The molecule has 0 saturated carbocycles. The van der Waals surface area contributed by atoms with E-state index < -0.39 is 0 Å². The van der Waals surface area contributed by atoms with Gasteiger partial charge in [0.05, 0.1) is 10.2 Å². The predicted octanol–water partition coefficient (Wildman–Crippen LogP) is 4.53. The zero-order chi connectivity index (χ0) is 17.1. The number of carbonyl (C=O) groups excluding carboxylic acids is 1. The standard InChI is InChI=1S/C19H17BrN2O2/c1-13-11-14(2)22(21-13)19(23)16-9-7-15(8-10-16)12-24-18-6-4-3-5-17(18)20/h3-11H,12H2,1-2H3. The predicted molar refractivity (Wildman–Crippen MR) is 96.3 cm³/mol. The number of ether oxygens (including phenoxy) is 1. The van der Waals surface area contributed by atoms with Crippen molar-refractivity contribution in [3.8, 4) is 5.75 Å². The summed E-state index contributed by atoms with van der Waals surface area (Å²) in [6.45, 7) is 4.19. The molecule has 0 aliphatic rings. The van der Waals surface area contributed by atoms with Crippen molar-refractivity contribution in [1.29, 1.82) is 0 Å². The van der Waals surface area contributed by atoms with Crippen LogP contribution in [-0.4, -0.2) is 15.7 Å². The monoisotopic (exact) mass is 384 g/mol. The molecule has 0 aliphatic carbocycles. The van der Waals surface area contributed by atoms with Crippen LogP contribution >= 0.6 is 15.9 Å². The molecule has 0 bridgehead atoms. The van der Waals surface area contributed by atoms with E-state index in [0.29, 0.717) is 12.2 Å². The molecule has 2 aromatic carbocycles. The maximum atomic E-state index is 12.5. The minimum Gasteiger partial charge on any atom is -0.488 e. The summed E-state index contributed by atoms with van der Waals surface area (Å²) in [6.07, 6.45) is 0. The number of aromatic nitrogens is 2. The summed E-state index contributed by atoms with van der Waals surface area (Å²) in [5.74, 6) is 0.666. The third kappa shape index (κ3) is 3.57. The van der Waals surface area contributed by atoms with Crippen LogP contribution < -0.4 is 4.74 Å². The van der Waals surface area contributed by atoms with Crippen molar-refractivity contribution >= 4 is 21.8 Å². The van der Waals surface area contributed by atoms with Crippen LogP contribution in [0.3, 0.4) is 0 Å². The van der Waals surface area contributed by atoms with Crippen molar-refractivity contribution in [2.45, 2.75) is 20.5 Å². The minimum absolute atomic E-state index is 0.126. The Labute approximate surface area is 149 Å². The smallest absolute Gasteiger partial charge is 0.278 e. The third-order valence-electron chi connectivity index (χ3n) is 3.63. The summed E-state index contributed by atoms with van der Waals surface area (Å²) in [5.41, 5.74) is 3.26. The van der Waals surface area contributed by atoms with Crippen LogP contribution in [0.4, 0.5) is 0 Å². The Kier molecular flexibility index (Phi) is 4.81. The lowest BCUT2D eigenvalue weighted by Gasteiger charge is -2.09. The molecule has 0 unspecified atom stereocenters. The average Bonchev–Trinajstić information content (AvgIpc) is 2.92. The number of para-hydroxylation sites is 1. The van der Waals surface area contributed by atoms with Crippen molar-refractivity contribution in [2.24, 2.45) is 0 Å². The van der Waals surface area contributed by atoms with Crippen LogP contribution in [0, 0.1) is 13.8 Å². The normalized spacial score (nSPS) is 10.6. The Morgan fingerprint density at radius 1 is 1.12 bits per heavy atom. The van der Waals surface area contributed by atoms with E-state index in [4.69, 9.17) is 4.74 Å². The summed E-state index contributed by atoms with van der Waals surface area (Å²) >= 11 is 3.46. The van der Waals surface area contributed by atoms with Gasteiger partial charge in [0.1, 0.15) is 12.4 Å². The number of rotatable bonds is 4. The zero-order valence-electron chi connectivity index (χ0n) is 13.5. The van der Waals surface area contributed by atoms with Crippen LogP contribution in [0.1, 0.15) is 27.3 Å². The number of halogens is 1. The first-order valence-electron chi connectivity index (χ1n) is 7.59. The molecule has 3 rings (SSSR count). The maximum Gasteiger partial charge on any atom is 0.278 e. The molecule has 5 heteroatoms. The molecule has 122 valence electrons. The Morgan fingerprint density at radius 2 is 1.83 bits per heavy atom. The fourth-order valence-electron chi connectivity index (χ4n) is 2.42. The highest BCUT2D eigenvalue weighted by Gasteiger charge is 2.12. The molecule has 1 heterocycles. The molecule has 0 saturated heterocycles. The van der Waals surface area contributed by atoms with E-state index in [2.05, 4.69) is 21.0 Å². The number of hydrogen-bond donors (Lipinski definition) is 0. The summed E-state index contributed by atoms with van der Waals surface area (Å²) in [4.78, 5) is 12.5. The fourth-order valence-corrected chi connectivity index (χ4v) is 2.82. The van der Waals surface area contributed by atoms with Gasteiger partial charge in [-0.05, 0) is 65.7 Å². The Balaban J connectivity index is 1.70. The molecular formula is C19H17BrN2O2. The van der Waals surface area contributed by atoms with Gasteiger partial charge in [0.2, 0.25) is 0 Å². The minimum atomic E-state index is -0.126. The lowest BCUT2D eigenvalue weighted by atomic mass is 10.1. The van der Waals surface area contributed by atoms with Gasteiger partial charge in [-0.25, -0.2) is 4.68 Å². The fraction of sp³-hybridized carbons (Fsp3) is 0.158. The van der Waals surface area contributed by atoms with E-state index in [0.717, 1.165) is 27.2 Å². The number of hydrogen-bond acceptors (Lipinski definition) is 3. The van der Waals surface area contributed by atoms with E-state index in [1.807, 2.05) is 56.3 Å². The Morgan fingerprint density at radius 3 is 2.46 bits per heavy atom. The van der Waals surface area contributed by atoms with Gasteiger partial charge in [-0.2, -0.15) is 5.10 Å². The SMILES string of the molecule is Cc1cc(C)n(C(=O)c2ccc(COc3ccccc3Br)cc2)n1. The molecule has 0 N–H and O–H groups in total. The number of aryl methyl sites for hydroxylation is 2. The van der Waals surface area contributed by atoms with Gasteiger partial charge < -0.3 is 4.74 Å². The number of benzene rings is 2. The topological polar surface area (TPSA) is 44.1 Å². The van der Waals surface area contributed by atoms with Crippen LogP contribution in [0.2, 0.25) is 0 Å². The zero-order valence-corrected chi connectivity index (χ0v) is 15.1. The Bertz CT molecular complexity index is 869. The first kappa shape index (κ1) is 16.5. The third-order valence-corrected chi connectivity index (χ3v) is 4.29. The molecule has 0 amide bonds. The van der Waals surface area contributed by atoms with E-state index in [1.165, 1.54) is 4.68 Å². The van der Waals surface area contributed by atoms with Crippen molar-refractivity contribution in [3.05, 3.63) is 81.6 Å². The van der Waals surface area contributed by atoms with Crippen LogP contribution in [0.25, 0.3) is 0 Å². The average molecular weight is 385 g/mol. The largest absolute Gasteiger partial charge is 0.488 e. The van der Waals surface area contributed by atoms with Crippen molar-refractivity contribution in [2.75, 3.05) is 0 Å². The first-order chi connectivity index (χ1) is 11.5. The molecule has 4 nitrogen and oxygen atoms in total. The van der Waals surface area contributed by atoms with E-state index in [1.54, 1.807) is 12.1 Å². The number of nitrogens with zero attached hydrogens (tertiary/aromatic N) is 2. The van der Waals surface area contributed by atoms with E-state index >= 15 is 0 Å². The van der Waals surface area contributed by atoms with Crippen molar-refractivity contribution in [1.82, 2.24) is 9.78 Å². The van der Waals surface area contributed by atoms with Gasteiger partial charge >= 0.3 is 0 Å². The Hall–Kier alpha value is -2.40. The molecule has 0 atom stereocenters. The molecule has 0 fully saturated rings. The number of carbonyl (C=O) groups is 1. The summed E-state index contributed by atoms with van der Waals surface area (Å²) < 4.78 is 8.13. The second-order valence-electron chi connectivity index (χ2n) is 5.56. The highest BCUT2D eigenvalue weighted by Crippen LogP contribution is 2.24. The van der Waals surface area contributed by atoms with E-state index in [9.17, 15) is 4.79 Å². The van der Waals surface area contributed by atoms with Crippen LogP contribution in [0.5, 0.6) is 5.75 Å². The van der Waals surface area contributed by atoms with Gasteiger partial charge in [0.15, 0.2) is 0 Å². The second kappa shape index (κ2) is 7.01. The van der Waals surface area contributed by atoms with Gasteiger partial charge in [-0.3, -0.25) is 4.79 Å².